The normalized spacial score (nSPS) is 25.2. The second-order valence-electron chi connectivity index (χ2n) is 3.47. The molecule has 0 unspecified atom stereocenters. The van der Waals surface area contributed by atoms with Crippen LogP contribution in [0.25, 0.3) is 0 Å². The summed E-state index contributed by atoms with van der Waals surface area (Å²) in [6.45, 7) is 3.02. The number of thioether (sulfide) groups is 1. The van der Waals surface area contributed by atoms with Gasteiger partial charge in [0.05, 0.1) is 7.11 Å². The highest BCUT2D eigenvalue weighted by molar-refractivity contribution is 8.00. The van der Waals surface area contributed by atoms with E-state index in [4.69, 9.17) is 9.47 Å². The van der Waals surface area contributed by atoms with Crippen molar-refractivity contribution in [2.45, 2.75) is 12.0 Å². The maximum atomic E-state index is 5.91. The monoisotopic (exact) mass is 225 g/mol. The van der Waals surface area contributed by atoms with Crippen LogP contribution in [-0.4, -0.2) is 24.5 Å². The van der Waals surface area contributed by atoms with Crippen LogP contribution in [0.2, 0.25) is 0 Å². The first kappa shape index (κ1) is 10.6. The minimum Gasteiger partial charge on any atom is -0.493 e. The summed E-state index contributed by atoms with van der Waals surface area (Å²) in [5.74, 6) is 2.63. The maximum Gasteiger partial charge on any atom is 0.206 e. The lowest BCUT2D eigenvalue weighted by Crippen LogP contribution is -2.39. The zero-order chi connectivity index (χ0) is 10.7. The van der Waals surface area contributed by atoms with E-state index in [9.17, 15) is 0 Å². The molecule has 82 valence electrons. The summed E-state index contributed by atoms with van der Waals surface area (Å²) in [4.78, 5) is 0. The van der Waals surface area contributed by atoms with Gasteiger partial charge in [-0.3, -0.25) is 5.32 Å². The van der Waals surface area contributed by atoms with Crippen molar-refractivity contribution in [3.05, 3.63) is 24.3 Å². The van der Waals surface area contributed by atoms with Crippen molar-refractivity contribution in [2.75, 3.05) is 19.4 Å². The molecular weight excluding hydrogens is 210 g/mol. The van der Waals surface area contributed by atoms with E-state index in [-0.39, 0.29) is 5.06 Å². The lowest BCUT2D eigenvalue weighted by molar-refractivity contribution is 0.152. The van der Waals surface area contributed by atoms with Crippen LogP contribution in [0.15, 0.2) is 24.3 Å². The average molecular weight is 225 g/mol. The van der Waals surface area contributed by atoms with Gasteiger partial charge in [-0.1, -0.05) is 23.9 Å². The van der Waals surface area contributed by atoms with Gasteiger partial charge in [-0.25, -0.2) is 0 Å². The minimum atomic E-state index is -0.325. The van der Waals surface area contributed by atoms with Gasteiger partial charge >= 0.3 is 0 Å². The summed E-state index contributed by atoms with van der Waals surface area (Å²) >= 11 is 1.77. The van der Waals surface area contributed by atoms with Crippen molar-refractivity contribution in [3.63, 3.8) is 0 Å². The molecule has 0 radical (unpaired) electrons. The maximum absolute atomic E-state index is 5.91. The summed E-state index contributed by atoms with van der Waals surface area (Å²) in [7, 11) is 1.65. The van der Waals surface area contributed by atoms with Gasteiger partial charge in [-0.05, 0) is 19.1 Å². The molecule has 0 spiro atoms. The molecule has 1 atom stereocenters. The molecule has 3 nitrogen and oxygen atoms in total. The number of para-hydroxylation sites is 2. The fourth-order valence-electron chi connectivity index (χ4n) is 1.55. The van der Waals surface area contributed by atoms with Gasteiger partial charge in [0.1, 0.15) is 0 Å². The number of ether oxygens (including phenoxy) is 2. The van der Waals surface area contributed by atoms with E-state index in [2.05, 4.69) is 5.32 Å². The zero-order valence-corrected chi connectivity index (χ0v) is 9.76. The Morgan fingerprint density at radius 3 is 2.67 bits per heavy atom. The number of hydrogen-bond donors (Lipinski definition) is 1. The molecule has 1 fully saturated rings. The molecule has 0 aliphatic carbocycles. The largest absolute Gasteiger partial charge is 0.493 e. The van der Waals surface area contributed by atoms with E-state index in [1.54, 1.807) is 18.9 Å². The van der Waals surface area contributed by atoms with Crippen molar-refractivity contribution < 1.29 is 9.47 Å². The van der Waals surface area contributed by atoms with Crippen molar-refractivity contribution in [2.24, 2.45) is 0 Å². The third-order valence-corrected chi connectivity index (χ3v) is 3.49. The molecule has 1 aliphatic heterocycles. The van der Waals surface area contributed by atoms with E-state index >= 15 is 0 Å². The standard InChI is InChI=1S/C11H15NO2S/c1-11(12-7-8-15-11)14-10-6-4-3-5-9(10)13-2/h3-6,12H,7-8H2,1-2H3/t11-/m1/s1. The second kappa shape index (κ2) is 4.33. The van der Waals surface area contributed by atoms with Gasteiger partial charge in [0.15, 0.2) is 11.5 Å². The predicted molar refractivity (Wildman–Crippen MR) is 62.5 cm³/mol. The molecule has 0 saturated carbocycles. The van der Waals surface area contributed by atoms with Crippen LogP contribution >= 0.6 is 11.8 Å². The van der Waals surface area contributed by atoms with E-state index in [0.717, 1.165) is 23.8 Å². The van der Waals surface area contributed by atoms with Crippen LogP contribution in [-0.2, 0) is 0 Å². The van der Waals surface area contributed by atoms with Crippen molar-refractivity contribution >= 4 is 11.8 Å². The van der Waals surface area contributed by atoms with Crippen LogP contribution in [0, 0.1) is 0 Å². The Hall–Kier alpha value is -0.870. The van der Waals surface area contributed by atoms with Crippen molar-refractivity contribution in [1.29, 1.82) is 0 Å². The predicted octanol–water partition coefficient (Wildman–Crippen LogP) is 2.08. The lowest BCUT2D eigenvalue weighted by atomic mass is 10.3. The van der Waals surface area contributed by atoms with Gasteiger partial charge in [-0.2, -0.15) is 0 Å². The smallest absolute Gasteiger partial charge is 0.206 e. The Morgan fingerprint density at radius 2 is 2.07 bits per heavy atom. The Labute approximate surface area is 94.2 Å². The third kappa shape index (κ3) is 2.38. The molecule has 1 N–H and O–H groups in total. The molecule has 1 saturated heterocycles. The average Bonchev–Trinajstić information content (AvgIpc) is 2.66. The van der Waals surface area contributed by atoms with Crippen LogP contribution in [0.3, 0.4) is 0 Å². The quantitative estimate of drug-likeness (QED) is 0.853. The first-order chi connectivity index (χ1) is 7.23. The Bertz CT molecular complexity index is 337. The highest BCUT2D eigenvalue weighted by atomic mass is 32.2. The number of benzene rings is 1. The summed E-state index contributed by atoms with van der Waals surface area (Å²) in [5, 5.41) is 2.99. The lowest BCUT2D eigenvalue weighted by Gasteiger charge is -2.25. The topological polar surface area (TPSA) is 30.5 Å². The van der Waals surface area contributed by atoms with Gasteiger partial charge in [-0.15, -0.1) is 0 Å². The van der Waals surface area contributed by atoms with Gasteiger partial charge in [0.2, 0.25) is 5.06 Å². The molecule has 1 aromatic carbocycles. The van der Waals surface area contributed by atoms with Crippen molar-refractivity contribution in [3.8, 4) is 11.5 Å². The number of nitrogens with one attached hydrogen (secondary N) is 1. The Kier molecular flexibility index (Phi) is 3.07. The molecule has 1 aromatic rings. The molecular formula is C11H15NO2S. The summed E-state index contributed by atoms with van der Waals surface area (Å²) in [6, 6.07) is 7.70. The molecule has 0 aromatic heterocycles. The Morgan fingerprint density at radius 1 is 1.33 bits per heavy atom. The van der Waals surface area contributed by atoms with E-state index in [0.29, 0.717) is 0 Å². The number of methoxy groups -OCH3 is 1. The SMILES string of the molecule is COc1ccccc1O[C@@]1(C)NCCS1. The van der Waals surface area contributed by atoms with Crippen LogP contribution in [0.4, 0.5) is 0 Å². The third-order valence-electron chi connectivity index (χ3n) is 2.30. The van der Waals surface area contributed by atoms with E-state index in [1.807, 2.05) is 31.2 Å². The molecule has 4 heteroatoms. The summed E-state index contributed by atoms with van der Waals surface area (Å²) in [5.41, 5.74) is 0. The summed E-state index contributed by atoms with van der Waals surface area (Å²) < 4.78 is 11.2. The molecule has 15 heavy (non-hydrogen) atoms. The number of hydrogen-bond acceptors (Lipinski definition) is 4. The molecule has 1 heterocycles. The van der Waals surface area contributed by atoms with Gasteiger partial charge in [0.25, 0.3) is 0 Å². The van der Waals surface area contributed by atoms with Gasteiger partial charge < -0.3 is 9.47 Å². The van der Waals surface area contributed by atoms with Gasteiger partial charge in [0, 0.05) is 12.3 Å². The highest BCUT2D eigenvalue weighted by Crippen LogP contribution is 2.34. The molecule has 0 amide bonds. The van der Waals surface area contributed by atoms with Crippen LogP contribution in [0.5, 0.6) is 11.5 Å². The second-order valence-corrected chi connectivity index (χ2v) is 4.95. The fourth-order valence-corrected chi connectivity index (χ4v) is 2.50. The van der Waals surface area contributed by atoms with Crippen molar-refractivity contribution in [1.82, 2.24) is 5.32 Å². The fraction of sp³-hybridized carbons (Fsp3) is 0.455. The number of rotatable bonds is 3. The van der Waals surface area contributed by atoms with Crippen LogP contribution in [0.1, 0.15) is 6.92 Å². The van der Waals surface area contributed by atoms with E-state index in [1.165, 1.54) is 0 Å². The first-order valence-corrected chi connectivity index (χ1v) is 5.93. The Balaban J connectivity index is 2.16. The van der Waals surface area contributed by atoms with E-state index < -0.39 is 0 Å². The highest BCUT2D eigenvalue weighted by Gasteiger charge is 2.31. The molecule has 0 bridgehead atoms. The first-order valence-electron chi connectivity index (χ1n) is 4.94. The zero-order valence-electron chi connectivity index (χ0n) is 8.95. The summed E-state index contributed by atoms with van der Waals surface area (Å²) in [6.07, 6.45) is 0. The minimum absolute atomic E-state index is 0.325. The molecule has 2 rings (SSSR count). The van der Waals surface area contributed by atoms with Crippen LogP contribution < -0.4 is 14.8 Å². The molecule has 1 aliphatic rings.